The van der Waals surface area contributed by atoms with Crippen LogP contribution in [0.2, 0.25) is 0 Å². The van der Waals surface area contributed by atoms with Crippen molar-refractivity contribution in [3.8, 4) is 0 Å². The molecule has 49 heavy (non-hydrogen) atoms. The number of carbonyl (C=O) groups excluding carboxylic acids is 4. The smallest absolute Gasteiger partial charge is 0.243 e. The zero-order valence-corrected chi connectivity index (χ0v) is 29.1. The Morgan fingerprint density at radius 3 is 1.04 bits per heavy atom. The van der Waals surface area contributed by atoms with E-state index in [1.165, 1.54) is 24.3 Å². The minimum absolute atomic E-state index is 0.0208. The predicted octanol–water partition coefficient (Wildman–Crippen LogP) is 1.78. The van der Waals surface area contributed by atoms with Crippen LogP contribution in [0.5, 0.6) is 0 Å². The maximum Gasteiger partial charge on any atom is 0.243 e. The average molecular weight is 699 g/mol. The van der Waals surface area contributed by atoms with Crippen LogP contribution in [-0.2, 0) is 57.1 Å². The van der Waals surface area contributed by atoms with E-state index >= 15 is 0 Å². The molecule has 14 nitrogen and oxygen atoms in total. The number of allylic oxidation sites excluding steroid dienone is 2. The molecule has 0 unspecified atom stereocenters. The second-order valence-electron chi connectivity index (χ2n) is 10.7. The Bertz CT molecular complexity index is 794. The Morgan fingerprint density at radius 2 is 0.735 bits per heavy atom. The quantitative estimate of drug-likeness (QED) is 0.0710. The van der Waals surface area contributed by atoms with Crippen molar-refractivity contribution in [1.29, 1.82) is 0 Å². The minimum atomic E-state index is -0.706. The lowest BCUT2D eigenvalue weighted by Gasteiger charge is -2.33. The molecule has 0 saturated carbocycles. The zero-order valence-electron chi connectivity index (χ0n) is 29.1. The molecule has 0 rings (SSSR count). The summed E-state index contributed by atoms with van der Waals surface area (Å²) in [4.78, 5) is 45.3. The lowest BCUT2D eigenvalue weighted by molar-refractivity contribution is -0.121. The van der Waals surface area contributed by atoms with Gasteiger partial charge in [-0.1, -0.05) is 26.3 Å². The van der Waals surface area contributed by atoms with E-state index in [9.17, 15) is 19.2 Å². The van der Waals surface area contributed by atoms with E-state index in [0.29, 0.717) is 105 Å². The van der Waals surface area contributed by atoms with Gasteiger partial charge in [-0.2, -0.15) is 0 Å². The van der Waals surface area contributed by atoms with Gasteiger partial charge < -0.3 is 48.5 Å². The molecular formula is C35H58N2O12. The van der Waals surface area contributed by atoms with Crippen molar-refractivity contribution in [2.75, 3.05) is 119 Å². The molecule has 0 aromatic carbocycles. The summed E-state index contributed by atoms with van der Waals surface area (Å²) in [6.07, 6.45) is 6.97. The van der Waals surface area contributed by atoms with E-state index in [4.69, 9.17) is 37.9 Å². The molecule has 280 valence electrons. The third-order valence-electron chi connectivity index (χ3n) is 6.46. The summed E-state index contributed by atoms with van der Waals surface area (Å²) in [7, 11) is 0. The first kappa shape index (κ1) is 45.9. The molecule has 0 bridgehead atoms. The Labute approximate surface area is 291 Å². The van der Waals surface area contributed by atoms with Gasteiger partial charge in [0.15, 0.2) is 11.6 Å². The summed E-state index contributed by atoms with van der Waals surface area (Å²) in [6, 6.07) is 0. The fraction of sp³-hybridized carbons (Fsp3) is 0.657. The second-order valence-corrected chi connectivity index (χ2v) is 10.7. The largest absolute Gasteiger partial charge is 0.379 e. The molecule has 0 fully saturated rings. The van der Waals surface area contributed by atoms with E-state index in [0.717, 1.165) is 0 Å². The lowest BCUT2D eigenvalue weighted by atomic mass is 9.92. The van der Waals surface area contributed by atoms with Crippen LogP contribution in [-0.4, -0.2) is 142 Å². The predicted molar refractivity (Wildman–Crippen MR) is 184 cm³/mol. The lowest BCUT2D eigenvalue weighted by Crippen LogP contribution is -2.43. The Hall–Kier alpha value is -3.08. The van der Waals surface area contributed by atoms with Crippen LogP contribution in [0.3, 0.4) is 0 Å². The average Bonchev–Trinajstić information content (AvgIpc) is 3.11. The number of nitrogens with one attached hydrogen (secondary N) is 2. The summed E-state index contributed by atoms with van der Waals surface area (Å²) < 4.78 is 46.3. The molecule has 0 aliphatic carbocycles. The fourth-order valence-electron chi connectivity index (χ4n) is 3.82. The van der Waals surface area contributed by atoms with Crippen molar-refractivity contribution in [1.82, 2.24) is 10.6 Å². The maximum absolute atomic E-state index is 11.4. The van der Waals surface area contributed by atoms with Crippen LogP contribution in [0.1, 0.15) is 25.7 Å². The van der Waals surface area contributed by atoms with Gasteiger partial charge in [-0.15, -0.1) is 0 Å². The molecule has 0 saturated heterocycles. The highest BCUT2D eigenvalue weighted by Gasteiger charge is 2.32. The summed E-state index contributed by atoms with van der Waals surface area (Å²) in [5.74, 6) is -0.577. The minimum Gasteiger partial charge on any atom is -0.379 e. The van der Waals surface area contributed by atoms with Gasteiger partial charge in [-0.3, -0.25) is 19.2 Å². The van der Waals surface area contributed by atoms with Crippen LogP contribution in [0, 0.1) is 5.41 Å². The van der Waals surface area contributed by atoms with Gasteiger partial charge in [-0.05, 0) is 37.1 Å². The van der Waals surface area contributed by atoms with Gasteiger partial charge in [0.05, 0.1) is 97.9 Å². The molecule has 0 atom stereocenters. The number of rotatable bonds is 38. The van der Waals surface area contributed by atoms with Crippen LogP contribution in [0.25, 0.3) is 0 Å². The molecule has 2 N–H and O–H groups in total. The summed E-state index contributed by atoms with van der Waals surface area (Å²) in [5, 5.41) is 5.28. The molecule has 0 heterocycles. The Kier molecular flexibility index (Phi) is 31.3. The Balaban J connectivity index is 5.05. The Morgan fingerprint density at radius 1 is 0.429 bits per heavy atom. The molecule has 14 heteroatoms. The normalized spacial score (nSPS) is 11.1. The van der Waals surface area contributed by atoms with E-state index in [-0.39, 0.29) is 63.0 Å². The highest BCUT2D eigenvalue weighted by molar-refractivity contribution is 5.89. The van der Waals surface area contributed by atoms with E-state index in [2.05, 4.69) is 36.9 Å². The van der Waals surface area contributed by atoms with E-state index in [1.54, 1.807) is 0 Å². The van der Waals surface area contributed by atoms with Crippen molar-refractivity contribution in [2.45, 2.75) is 25.7 Å². The number of amides is 2. The van der Waals surface area contributed by atoms with Gasteiger partial charge in [0.25, 0.3) is 0 Å². The van der Waals surface area contributed by atoms with Crippen LogP contribution >= 0.6 is 0 Å². The van der Waals surface area contributed by atoms with Crippen molar-refractivity contribution < 1.29 is 57.1 Å². The van der Waals surface area contributed by atoms with Crippen LogP contribution in [0.4, 0.5) is 0 Å². The fourth-order valence-corrected chi connectivity index (χ4v) is 3.82. The highest BCUT2D eigenvalue weighted by Crippen LogP contribution is 2.21. The number of carbonyl (C=O) groups is 4. The molecule has 2 amide bonds. The van der Waals surface area contributed by atoms with Crippen molar-refractivity contribution in [3.05, 3.63) is 50.6 Å². The molecule has 0 aromatic heterocycles. The first-order valence-corrected chi connectivity index (χ1v) is 16.6. The van der Waals surface area contributed by atoms with Gasteiger partial charge >= 0.3 is 0 Å². The molecule has 0 aliphatic rings. The topological polar surface area (TPSA) is 166 Å². The van der Waals surface area contributed by atoms with Gasteiger partial charge in [0.2, 0.25) is 11.8 Å². The van der Waals surface area contributed by atoms with Crippen molar-refractivity contribution in [3.63, 3.8) is 0 Å². The number of ether oxygens (including phenoxy) is 8. The van der Waals surface area contributed by atoms with E-state index < -0.39 is 5.41 Å². The monoisotopic (exact) mass is 698 g/mol. The third-order valence-corrected chi connectivity index (χ3v) is 6.46. The third kappa shape index (κ3) is 29.5. The number of hydrogen-bond acceptors (Lipinski definition) is 12. The highest BCUT2D eigenvalue weighted by atomic mass is 16.6. The van der Waals surface area contributed by atoms with Crippen LogP contribution in [0.15, 0.2) is 50.6 Å². The molecular weight excluding hydrogens is 640 g/mol. The summed E-state index contributed by atoms with van der Waals surface area (Å²) in [5.41, 5.74) is -0.706. The standard InChI is InChI=1S/C35H58N2O12/c1-5-31(38)11-9-15-42-19-23-46-27-35(28-47-24-20-43-16-10-12-32(39)6-2,29-48-25-21-44-17-13-36-33(40)7-3)30-49-26-22-45-18-14-37-34(41)8-4/h5-8H,1-4,9-30H2,(H,36,40)(H,37,41). The summed E-state index contributed by atoms with van der Waals surface area (Å²) in [6.45, 7) is 19.4. The number of ketones is 2. The molecule has 0 aromatic rings. The van der Waals surface area contributed by atoms with E-state index in [1.807, 2.05) is 0 Å². The van der Waals surface area contributed by atoms with Crippen molar-refractivity contribution in [2.24, 2.45) is 5.41 Å². The molecule has 0 aliphatic heterocycles. The van der Waals surface area contributed by atoms with Gasteiger partial charge in [0.1, 0.15) is 0 Å². The molecule has 0 radical (unpaired) electrons. The number of hydrogen-bond donors (Lipinski definition) is 2. The van der Waals surface area contributed by atoms with Crippen LogP contribution < -0.4 is 10.6 Å². The first-order valence-electron chi connectivity index (χ1n) is 16.6. The van der Waals surface area contributed by atoms with Crippen molar-refractivity contribution >= 4 is 23.4 Å². The van der Waals surface area contributed by atoms with Gasteiger partial charge in [-0.25, -0.2) is 0 Å². The maximum atomic E-state index is 11.4. The summed E-state index contributed by atoms with van der Waals surface area (Å²) >= 11 is 0. The SMILES string of the molecule is C=CC(=O)CCCOCCOCC(COCCOCCCC(=O)C=C)(COCCOCCNC(=O)C=C)COCCOCCNC(=O)C=C. The first-order chi connectivity index (χ1) is 23.8. The molecule has 0 spiro atoms. The van der Waals surface area contributed by atoms with Gasteiger partial charge in [0, 0.05) is 39.1 Å². The zero-order chi connectivity index (χ0) is 36.3. The second kappa shape index (κ2) is 33.4.